The fourth-order valence-corrected chi connectivity index (χ4v) is 0.700. The third kappa shape index (κ3) is 3.45. The van der Waals surface area contributed by atoms with E-state index < -0.39 is 0 Å². The Morgan fingerprint density at radius 1 is 1.60 bits per heavy atom. The highest BCUT2D eigenvalue weighted by atomic mass is 16.3. The monoisotopic (exact) mass is 144 g/mol. The molecule has 0 rings (SSSR count). The van der Waals surface area contributed by atoms with Gasteiger partial charge in [0.2, 0.25) is 0 Å². The number of aliphatic hydroxyl groups is 1. The molecule has 3 nitrogen and oxygen atoms in total. The van der Waals surface area contributed by atoms with Gasteiger partial charge in [0, 0.05) is 12.3 Å². The maximum absolute atomic E-state index is 8.60. The van der Waals surface area contributed by atoms with Crippen molar-refractivity contribution in [3.05, 3.63) is 0 Å². The van der Waals surface area contributed by atoms with Gasteiger partial charge in [-0.25, -0.2) is 0 Å². The third-order valence-corrected chi connectivity index (χ3v) is 1.19. The van der Waals surface area contributed by atoms with Crippen LogP contribution in [0.25, 0.3) is 0 Å². The maximum atomic E-state index is 8.60. The SMILES string of the molecule is C/C=N/N(CCO)C(C)C. The largest absolute Gasteiger partial charge is 0.394 e. The van der Waals surface area contributed by atoms with Crippen LogP contribution in [0.4, 0.5) is 0 Å². The van der Waals surface area contributed by atoms with Gasteiger partial charge in [0.15, 0.2) is 0 Å². The minimum absolute atomic E-state index is 0.162. The van der Waals surface area contributed by atoms with Crippen LogP contribution >= 0.6 is 0 Å². The summed E-state index contributed by atoms with van der Waals surface area (Å²) in [7, 11) is 0. The second-order valence-corrected chi connectivity index (χ2v) is 2.35. The fourth-order valence-electron chi connectivity index (χ4n) is 0.700. The molecular formula is C7H16N2O. The van der Waals surface area contributed by atoms with Gasteiger partial charge in [-0.3, -0.25) is 5.01 Å². The Morgan fingerprint density at radius 2 is 2.20 bits per heavy atom. The molecule has 0 spiro atoms. The van der Waals surface area contributed by atoms with Crippen LogP contribution in [0.1, 0.15) is 20.8 Å². The standard InChI is InChI=1S/C7H16N2O/c1-4-8-9(5-6-10)7(2)3/h4,7,10H,5-6H2,1-3H3/b8-4+. The summed E-state index contributed by atoms with van der Waals surface area (Å²) in [6.45, 7) is 6.73. The van der Waals surface area contributed by atoms with E-state index in [1.54, 1.807) is 6.21 Å². The van der Waals surface area contributed by atoms with Gasteiger partial charge in [-0.15, -0.1) is 0 Å². The van der Waals surface area contributed by atoms with Gasteiger partial charge in [-0.05, 0) is 20.8 Å². The molecule has 0 amide bonds. The summed E-state index contributed by atoms with van der Waals surface area (Å²) in [5, 5.41) is 14.5. The minimum Gasteiger partial charge on any atom is -0.394 e. The molecule has 0 aliphatic carbocycles. The molecule has 0 saturated carbocycles. The van der Waals surface area contributed by atoms with Crippen molar-refractivity contribution in [1.29, 1.82) is 0 Å². The average Bonchev–Trinajstić information content (AvgIpc) is 1.87. The zero-order chi connectivity index (χ0) is 7.98. The molecule has 0 radical (unpaired) electrons. The lowest BCUT2D eigenvalue weighted by Gasteiger charge is -2.21. The Hall–Kier alpha value is -0.570. The van der Waals surface area contributed by atoms with Crippen molar-refractivity contribution in [2.75, 3.05) is 13.2 Å². The van der Waals surface area contributed by atoms with Crippen molar-refractivity contribution in [3.63, 3.8) is 0 Å². The van der Waals surface area contributed by atoms with Crippen LogP contribution in [-0.2, 0) is 0 Å². The smallest absolute Gasteiger partial charge is 0.0623 e. The van der Waals surface area contributed by atoms with Crippen LogP contribution < -0.4 is 0 Å². The summed E-state index contributed by atoms with van der Waals surface area (Å²) in [5.41, 5.74) is 0. The van der Waals surface area contributed by atoms with Crippen LogP contribution in [-0.4, -0.2) is 35.5 Å². The second kappa shape index (κ2) is 5.23. The Bertz CT molecular complexity index is 102. The van der Waals surface area contributed by atoms with Gasteiger partial charge < -0.3 is 5.11 Å². The predicted octanol–water partition coefficient (Wildman–Crippen LogP) is 0.695. The van der Waals surface area contributed by atoms with Crippen molar-refractivity contribution in [2.45, 2.75) is 26.8 Å². The molecule has 0 bridgehead atoms. The molecule has 0 aromatic carbocycles. The van der Waals surface area contributed by atoms with Crippen molar-refractivity contribution in [2.24, 2.45) is 5.10 Å². The van der Waals surface area contributed by atoms with E-state index in [1.165, 1.54) is 0 Å². The molecule has 10 heavy (non-hydrogen) atoms. The topological polar surface area (TPSA) is 35.8 Å². The van der Waals surface area contributed by atoms with Crippen molar-refractivity contribution in [3.8, 4) is 0 Å². The lowest BCUT2D eigenvalue weighted by molar-refractivity contribution is 0.172. The van der Waals surface area contributed by atoms with Gasteiger partial charge in [0.25, 0.3) is 0 Å². The lowest BCUT2D eigenvalue weighted by atomic mass is 10.4. The van der Waals surface area contributed by atoms with E-state index in [2.05, 4.69) is 5.10 Å². The fraction of sp³-hybridized carbons (Fsp3) is 0.857. The lowest BCUT2D eigenvalue weighted by Crippen LogP contribution is -2.28. The molecule has 0 saturated heterocycles. The van der Waals surface area contributed by atoms with Gasteiger partial charge >= 0.3 is 0 Å². The molecule has 3 heteroatoms. The Labute approximate surface area is 62.3 Å². The highest BCUT2D eigenvalue weighted by molar-refractivity contribution is 5.52. The molecule has 0 unspecified atom stereocenters. The van der Waals surface area contributed by atoms with Gasteiger partial charge in [-0.1, -0.05) is 0 Å². The van der Waals surface area contributed by atoms with Crippen molar-refractivity contribution in [1.82, 2.24) is 5.01 Å². The van der Waals surface area contributed by atoms with E-state index in [0.29, 0.717) is 12.6 Å². The average molecular weight is 144 g/mol. The molecule has 0 aliphatic rings. The Morgan fingerprint density at radius 3 is 2.50 bits per heavy atom. The zero-order valence-electron chi connectivity index (χ0n) is 6.91. The quantitative estimate of drug-likeness (QED) is 0.465. The van der Waals surface area contributed by atoms with E-state index >= 15 is 0 Å². The van der Waals surface area contributed by atoms with Crippen LogP contribution in [0.15, 0.2) is 5.10 Å². The van der Waals surface area contributed by atoms with Crippen LogP contribution in [0.2, 0.25) is 0 Å². The van der Waals surface area contributed by atoms with Gasteiger partial charge in [0.1, 0.15) is 0 Å². The molecule has 1 N–H and O–H groups in total. The van der Waals surface area contributed by atoms with Crippen LogP contribution in [0, 0.1) is 0 Å². The Balaban J connectivity index is 3.72. The highest BCUT2D eigenvalue weighted by Crippen LogP contribution is 1.96. The van der Waals surface area contributed by atoms with E-state index in [0.717, 1.165) is 0 Å². The van der Waals surface area contributed by atoms with E-state index in [9.17, 15) is 0 Å². The highest BCUT2D eigenvalue weighted by Gasteiger charge is 2.02. The normalized spacial score (nSPS) is 11.3. The summed E-state index contributed by atoms with van der Waals surface area (Å²) in [4.78, 5) is 0. The van der Waals surface area contributed by atoms with Crippen LogP contribution in [0.3, 0.4) is 0 Å². The van der Waals surface area contributed by atoms with Gasteiger partial charge in [0.05, 0.1) is 13.2 Å². The zero-order valence-corrected chi connectivity index (χ0v) is 6.91. The second-order valence-electron chi connectivity index (χ2n) is 2.35. The molecule has 0 fully saturated rings. The number of nitrogens with zero attached hydrogens (tertiary/aromatic N) is 2. The number of hydrogen-bond donors (Lipinski definition) is 1. The third-order valence-electron chi connectivity index (χ3n) is 1.19. The van der Waals surface area contributed by atoms with Crippen molar-refractivity contribution >= 4 is 6.21 Å². The van der Waals surface area contributed by atoms with E-state index in [4.69, 9.17) is 5.11 Å². The summed E-state index contributed by atoms with van der Waals surface area (Å²) in [6, 6.07) is 0.364. The molecular weight excluding hydrogens is 128 g/mol. The summed E-state index contributed by atoms with van der Waals surface area (Å²) in [6.07, 6.45) is 1.73. The Kier molecular flexibility index (Phi) is 4.94. The first-order chi connectivity index (χ1) is 4.72. The predicted molar refractivity (Wildman–Crippen MR) is 43.1 cm³/mol. The molecule has 60 valence electrons. The maximum Gasteiger partial charge on any atom is 0.0623 e. The molecule has 0 heterocycles. The van der Waals surface area contributed by atoms with Gasteiger partial charge in [-0.2, -0.15) is 5.10 Å². The molecule has 0 aromatic heterocycles. The number of rotatable bonds is 4. The first-order valence-corrected chi connectivity index (χ1v) is 3.58. The number of hydrogen-bond acceptors (Lipinski definition) is 3. The summed E-state index contributed by atoms with van der Waals surface area (Å²) in [5.74, 6) is 0. The number of hydrazone groups is 1. The molecule has 0 aromatic rings. The molecule has 0 atom stereocenters. The first kappa shape index (κ1) is 9.43. The van der Waals surface area contributed by atoms with E-state index in [-0.39, 0.29) is 6.61 Å². The molecule has 0 aliphatic heterocycles. The summed E-state index contributed by atoms with van der Waals surface area (Å²) < 4.78 is 0. The van der Waals surface area contributed by atoms with Crippen LogP contribution in [0.5, 0.6) is 0 Å². The number of aliphatic hydroxyl groups excluding tert-OH is 1. The minimum atomic E-state index is 0.162. The summed E-state index contributed by atoms with van der Waals surface area (Å²) >= 11 is 0. The van der Waals surface area contributed by atoms with Crippen molar-refractivity contribution < 1.29 is 5.11 Å². The first-order valence-electron chi connectivity index (χ1n) is 3.58. The van der Waals surface area contributed by atoms with E-state index in [1.807, 2.05) is 25.8 Å².